The summed E-state index contributed by atoms with van der Waals surface area (Å²) in [4.78, 5) is 6.74. The molecule has 0 bridgehead atoms. The number of nitrogens with zero attached hydrogens (tertiary/aromatic N) is 2. The largest absolute Gasteiger partial charge is 0.495 e. The quantitative estimate of drug-likeness (QED) is 0.622. The maximum atomic E-state index is 13.6. The van der Waals surface area contributed by atoms with Crippen LogP contribution in [0.2, 0.25) is 0 Å². The van der Waals surface area contributed by atoms with Crippen LogP contribution >= 0.6 is 11.6 Å². The Hall–Kier alpha value is -1.83. The fourth-order valence-electron chi connectivity index (χ4n) is 1.53. The van der Waals surface area contributed by atoms with E-state index in [9.17, 15) is 17.6 Å². The average molecular weight is 311 g/mol. The van der Waals surface area contributed by atoms with Crippen LogP contribution in [0.15, 0.2) is 17.4 Å². The van der Waals surface area contributed by atoms with E-state index < -0.39 is 23.6 Å². The SMILES string of the molecule is COc1nc(C2=CC(Cl)=COC2)nc(F)c1C(F)(F)F. The van der Waals surface area contributed by atoms with Crippen LogP contribution < -0.4 is 4.74 Å². The van der Waals surface area contributed by atoms with Crippen molar-refractivity contribution in [1.29, 1.82) is 0 Å². The Bertz CT molecular complexity index is 599. The Morgan fingerprint density at radius 1 is 1.35 bits per heavy atom. The Kier molecular flexibility index (Phi) is 3.85. The molecule has 0 aromatic carbocycles. The van der Waals surface area contributed by atoms with Gasteiger partial charge in [0.2, 0.25) is 11.8 Å². The summed E-state index contributed by atoms with van der Waals surface area (Å²) in [7, 11) is 0.958. The van der Waals surface area contributed by atoms with E-state index in [0.29, 0.717) is 0 Å². The lowest BCUT2D eigenvalue weighted by Gasteiger charge is -2.15. The van der Waals surface area contributed by atoms with E-state index in [1.807, 2.05) is 0 Å². The summed E-state index contributed by atoms with van der Waals surface area (Å²) in [5.41, 5.74) is -1.41. The van der Waals surface area contributed by atoms with Gasteiger partial charge >= 0.3 is 6.18 Å². The molecule has 4 nitrogen and oxygen atoms in total. The van der Waals surface area contributed by atoms with E-state index in [0.717, 1.165) is 7.11 Å². The molecule has 0 N–H and O–H groups in total. The van der Waals surface area contributed by atoms with Crippen LogP contribution in [0.5, 0.6) is 5.88 Å². The summed E-state index contributed by atoms with van der Waals surface area (Å²) in [6, 6.07) is 0. The first-order valence-corrected chi connectivity index (χ1v) is 5.57. The van der Waals surface area contributed by atoms with Crippen molar-refractivity contribution < 1.29 is 27.0 Å². The summed E-state index contributed by atoms with van der Waals surface area (Å²) in [6.07, 6.45) is -2.35. The number of aromatic nitrogens is 2. The third kappa shape index (κ3) is 2.84. The first kappa shape index (κ1) is 14.6. The van der Waals surface area contributed by atoms with Gasteiger partial charge in [0.05, 0.1) is 12.1 Å². The molecule has 2 rings (SSSR count). The van der Waals surface area contributed by atoms with E-state index in [-0.39, 0.29) is 23.0 Å². The van der Waals surface area contributed by atoms with Gasteiger partial charge in [0.15, 0.2) is 11.4 Å². The highest BCUT2D eigenvalue weighted by atomic mass is 35.5. The number of ether oxygens (including phenoxy) is 2. The summed E-state index contributed by atoms with van der Waals surface area (Å²) in [6.45, 7) is -0.0375. The zero-order valence-corrected chi connectivity index (χ0v) is 10.7. The van der Waals surface area contributed by atoms with E-state index in [2.05, 4.69) is 14.7 Å². The molecule has 0 saturated heterocycles. The van der Waals surface area contributed by atoms with Gasteiger partial charge in [-0.2, -0.15) is 27.5 Å². The van der Waals surface area contributed by atoms with Crippen LogP contribution in [0.4, 0.5) is 17.6 Å². The van der Waals surface area contributed by atoms with Gasteiger partial charge < -0.3 is 9.47 Å². The molecule has 1 aromatic rings. The average Bonchev–Trinajstić information content (AvgIpc) is 2.36. The lowest BCUT2D eigenvalue weighted by atomic mass is 10.2. The third-order valence-corrected chi connectivity index (χ3v) is 2.54. The van der Waals surface area contributed by atoms with Crippen molar-refractivity contribution in [2.75, 3.05) is 13.7 Å². The Morgan fingerprint density at radius 3 is 2.60 bits per heavy atom. The molecule has 0 radical (unpaired) electrons. The second kappa shape index (κ2) is 5.28. The molecule has 0 unspecified atom stereocenters. The van der Waals surface area contributed by atoms with Crippen molar-refractivity contribution in [2.24, 2.45) is 0 Å². The minimum atomic E-state index is -4.96. The van der Waals surface area contributed by atoms with Crippen LogP contribution in [0.1, 0.15) is 11.4 Å². The fourth-order valence-corrected chi connectivity index (χ4v) is 1.72. The van der Waals surface area contributed by atoms with Crippen molar-refractivity contribution in [1.82, 2.24) is 9.97 Å². The highest BCUT2D eigenvalue weighted by Crippen LogP contribution is 2.37. The molecule has 9 heteroatoms. The molecule has 1 aliphatic rings. The highest BCUT2D eigenvalue weighted by Gasteiger charge is 2.40. The lowest BCUT2D eigenvalue weighted by Crippen LogP contribution is -2.16. The number of methoxy groups -OCH3 is 1. The minimum absolute atomic E-state index is 0.0375. The number of alkyl halides is 3. The van der Waals surface area contributed by atoms with Gasteiger partial charge in [0.1, 0.15) is 12.9 Å². The monoisotopic (exact) mass is 310 g/mol. The van der Waals surface area contributed by atoms with Crippen molar-refractivity contribution >= 4 is 17.2 Å². The van der Waals surface area contributed by atoms with Crippen molar-refractivity contribution in [3.8, 4) is 5.88 Å². The van der Waals surface area contributed by atoms with Gasteiger partial charge in [-0.15, -0.1) is 0 Å². The molecule has 0 aliphatic carbocycles. The Balaban J connectivity index is 2.54. The summed E-state index contributed by atoms with van der Waals surface area (Å²) >= 11 is 5.68. The molecule has 0 atom stereocenters. The zero-order valence-electron chi connectivity index (χ0n) is 9.96. The predicted octanol–water partition coefficient (Wildman–Crippen LogP) is 3.14. The van der Waals surface area contributed by atoms with Crippen LogP contribution in [-0.4, -0.2) is 23.7 Å². The van der Waals surface area contributed by atoms with E-state index in [4.69, 9.17) is 16.3 Å². The molecule has 1 aromatic heterocycles. The molecule has 0 spiro atoms. The number of hydrogen-bond donors (Lipinski definition) is 0. The van der Waals surface area contributed by atoms with E-state index in [1.54, 1.807) is 0 Å². The number of rotatable bonds is 2. The van der Waals surface area contributed by atoms with Crippen LogP contribution in [-0.2, 0) is 10.9 Å². The predicted molar refractivity (Wildman–Crippen MR) is 61.4 cm³/mol. The van der Waals surface area contributed by atoms with Gasteiger partial charge in [0, 0.05) is 5.57 Å². The Labute approximate surface area is 115 Å². The molecular formula is C11H7ClF4N2O2. The fraction of sp³-hybridized carbons (Fsp3) is 0.273. The molecule has 20 heavy (non-hydrogen) atoms. The molecular weight excluding hydrogens is 304 g/mol. The number of hydrogen-bond acceptors (Lipinski definition) is 4. The first-order chi connectivity index (χ1) is 9.32. The second-order valence-corrected chi connectivity index (χ2v) is 4.14. The van der Waals surface area contributed by atoms with Crippen LogP contribution in [0, 0.1) is 5.95 Å². The maximum absolute atomic E-state index is 13.6. The number of allylic oxidation sites excluding steroid dienone is 2. The van der Waals surface area contributed by atoms with E-state index in [1.165, 1.54) is 12.3 Å². The first-order valence-electron chi connectivity index (χ1n) is 5.20. The third-order valence-electron chi connectivity index (χ3n) is 2.34. The normalized spacial score (nSPS) is 15.3. The molecule has 0 fully saturated rings. The molecule has 0 saturated carbocycles. The Morgan fingerprint density at radius 2 is 2.05 bits per heavy atom. The topological polar surface area (TPSA) is 44.2 Å². The van der Waals surface area contributed by atoms with Crippen molar-refractivity contribution in [2.45, 2.75) is 6.18 Å². The molecule has 2 heterocycles. The summed E-state index contributed by atoms with van der Waals surface area (Å²) in [5.74, 6) is -2.89. The van der Waals surface area contributed by atoms with Gasteiger partial charge in [-0.05, 0) is 6.08 Å². The maximum Gasteiger partial charge on any atom is 0.426 e. The summed E-state index contributed by atoms with van der Waals surface area (Å²) in [5, 5.41) is 0.189. The lowest BCUT2D eigenvalue weighted by molar-refractivity contribution is -0.142. The smallest absolute Gasteiger partial charge is 0.426 e. The van der Waals surface area contributed by atoms with Crippen molar-refractivity contribution in [3.63, 3.8) is 0 Å². The zero-order chi connectivity index (χ0) is 14.9. The van der Waals surface area contributed by atoms with Crippen LogP contribution in [0.3, 0.4) is 0 Å². The van der Waals surface area contributed by atoms with Gasteiger partial charge in [-0.1, -0.05) is 11.6 Å². The summed E-state index contributed by atoms with van der Waals surface area (Å²) < 4.78 is 61.0. The van der Waals surface area contributed by atoms with Crippen molar-refractivity contribution in [3.05, 3.63) is 34.7 Å². The van der Waals surface area contributed by atoms with Gasteiger partial charge in [-0.3, -0.25) is 0 Å². The molecule has 108 valence electrons. The number of halogens is 5. The van der Waals surface area contributed by atoms with E-state index >= 15 is 0 Å². The molecule has 1 aliphatic heterocycles. The molecule has 0 amide bonds. The van der Waals surface area contributed by atoms with Crippen LogP contribution in [0.25, 0.3) is 5.57 Å². The highest BCUT2D eigenvalue weighted by molar-refractivity contribution is 6.31. The van der Waals surface area contributed by atoms with Gasteiger partial charge in [-0.25, -0.2) is 0 Å². The second-order valence-electron chi connectivity index (χ2n) is 3.70. The minimum Gasteiger partial charge on any atom is -0.495 e. The standard InChI is InChI=1S/C11H7ClF4N2O2/c1-19-10-7(11(14,15)16)8(13)17-9(18-10)5-2-6(12)4-20-3-5/h2,4H,3H2,1H3. The van der Waals surface area contributed by atoms with Gasteiger partial charge in [0.25, 0.3) is 0 Å².